The lowest BCUT2D eigenvalue weighted by atomic mass is 9.72. The lowest BCUT2D eigenvalue weighted by Gasteiger charge is -2.32. The number of hydrogen-bond acceptors (Lipinski definition) is 2. The van der Waals surface area contributed by atoms with Gasteiger partial charge in [-0.05, 0) is 115 Å². The molecule has 2 heteroatoms. The van der Waals surface area contributed by atoms with Crippen LogP contribution in [-0.4, -0.2) is 14.2 Å². The third-order valence-corrected chi connectivity index (χ3v) is 11.1. The van der Waals surface area contributed by atoms with Crippen molar-refractivity contribution in [2.24, 2.45) is 0 Å². The molecule has 0 spiro atoms. The minimum absolute atomic E-state index is 0.0531. The number of fused-ring (bicyclic) bond motifs is 3. The first-order valence-corrected chi connectivity index (χ1v) is 18.4. The smallest absolute Gasteiger partial charge is 0.126 e. The van der Waals surface area contributed by atoms with Crippen LogP contribution in [0.2, 0.25) is 0 Å². The number of ether oxygens (including phenoxy) is 2. The van der Waals surface area contributed by atoms with Crippen LogP contribution in [0.25, 0.3) is 33.4 Å². The van der Waals surface area contributed by atoms with Gasteiger partial charge in [-0.3, -0.25) is 0 Å². The van der Waals surface area contributed by atoms with Crippen molar-refractivity contribution in [3.63, 3.8) is 0 Å². The van der Waals surface area contributed by atoms with Gasteiger partial charge in [0.1, 0.15) is 11.5 Å². The Balaban J connectivity index is 1.72. The Morgan fingerprint density at radius 2 is 0.714 bits per heavy atom. The van der Waals surface area contributed by atoms with Gasteiger partial charge in [-0.25, -0.2) is 0 Å². The molecule has 0 radical (unpaired) electrons. The molecule has 5 rings (SSSR count). The summed E-state index contributed by atoms with van der Waals surface area (Å²) in [5.74, 6) is 2.04. The molecule has 0 saturated carbocycles. The quantitative estimate of drug-likeness (QED) is 0.205. The van der Waals surface area contributed by atoms with Gasteiger partial charge >= 0.3 is 0 Å². The Morgan fingerprint density at radius 1 is 0.429 bits per heavy atom. The molecule has 4 aromatic rings. The maximum absolute atomic E-state index is 6.11. The molecule has 0 saturated heterocycles. The highest BCUT2D eigenvalue weighted by Gasteiger charge is 2.41. The molecular formula is C47H62O2. The SMILES string of the molecule is CCC1(CC)c2cc(-c3cc(C(C)(C)C)c(OC)c(C(C)(C)C)c3)ccc2-c2ccc(-c3cc(C(C)(C)C)c(OC)c(C(C)(C)C)c3)cc21. The summed E-state index contributed by atoms with van der Waals surface area (Å²) in [6, 6.07) is 24.0. The first-order chi connectivity index (χ1) is 22.6. The average molecular weight is 659 g/mol. The van der Waals surface area contributed by atoms with E-state index in [1.54, 1.807) is 0 Å². The standard InChI is InChI=1S/C47H62O2/c1-17-47(18-2)35-23-29(31-25-37(43(3,4)5)41(48-15)38(26-31)44(6,7)8)19-21-33(35)34-22-20-30(24-36(34)47)32-27-39(45(9,10)11)42(49-16)40(28-32)46(12,13)14/h19-28H,17-18H2,1-16H3. The fraction of sp³-hybridized carbons (Fsp3) is 0.489. The van der Waals surface area contributed by atoms with E-state index in [1.807, 2.05) is 14.2 Å². The molecule has 0 unspecified atom stereocenters. The summed E-state index contributed by atoms with van der Waals surface area (Å²) in [5.41, 5.74) is 15.5. The summed E-state index contributed by atoms with van der Waals surface area (Å²) in [5, 5.41) is 0. The van der Waals surface area contributed by atoms with Crippen molar-refractivity contribution < 1.29 is 9.47 Å². The van der Waals surface area contributed by atoms with Gasteiger partial charge < -0.3 is 9.47 Å². The second kappa shape index (κ2) is 12.4. The second-order valence-corrected chi connectivity index (χ2v) is 18.5. The molecule has 1 aliphatic carbocycles. The third kappa shape index (κ3) is 6.34. The van der Waals surface area contributed by atoms with Gasteiger partial charge in [0.25, 0.3) is 0 Å². The minimum atomic E-state index is -0.0605. The zero-order chi connectivity index (χ0) is 36.5. The van der Waals surface area contributed by atoms with Gasteiger partial charge in [0, 0.05) is 27.7 Å². The average Bonchev–Trinajstić information content (AvgIpc) is 3.30. The monoisotopic (exact) mass is 658 g/mol. The van der Waals surface area contributed by atoms with E-state index >= 15 is 0 Å². The van der Waals surface area contributed by atoms with Crippen LogP contribution in [0.3, 0.4) is 0 Å². The van der Waals surface area contributed by atoms with E-state index in [4.69, 9.17) is 9.47 Å². The lowest BCUT2D eigenvalue weighted by molar-refractivity contribution is 0.381. The highest BCUT2D eigenvalue weighted by Crippen LogP contribution is 2.55. The molecule has 2 nitrogen and oxygen atoms in total. The predicted octanol–water partition coefficient (Wildman–Crippen LogP) is 13.3. The molecule has 0 fully saturated rings. The highest BCUT2D eigenvalue weighted by molar-refractivity contribution is 5.87. The normalized spacial score (nSPS) is 14.4. The van der Waals surface area contributed by atoms with Crippen molar-refractivity contribution in [2.45, 2.75) is 137 Å². The van der Waals surface area contributed by atoms with Gasteiger partial charge in [0.15, 0.2) is 0 Å². The molecule has 1 aliphatic rings. The molecule has 0 atom stereocenters. The summed E-state index contributed by atoms with van der Waals surface area (Å²) in [4.78, 5) is 0. The van der Waals surface area contributed by atoms with Crippen LogP contribution in [0.4, 0.5) is 0 Å². The summed E-state index contributed by atoms with van der Waals surface area (Å²) in [6.45, 7) is 32.2. The van der Waals surface area contributed by atoms with Crippen molar-refractivity contribution >= 4 is 0 Å². The molecule has 4 aromatic carbocycles. The van der Waals surface area contributed by atoms with Gasteiger partial charge in [-0.1, -0.05) is 121 Å². The number of rotatable bonds is 6. The summed E-state index contributed by atoms with van der Waals surface area (Å²) >= 11 is 0. The molecule has 0 aromatic heterocycles. The Labute approximate surface area is 298 Å². The molecule has 0 bridgehead atoms. The van der Waals surface area contributed by atoms with Gasteiger partial charge in [0.2, 0.25) is 0 Å². The number of methoxy groups -OCH3 is 2. The third-order valence-electron chi connectivity index (χ3n) is 11.1. The molecule has 0 aliphatic heterocycles. The maximum atomic E-state index is 6.11. The molecule has 0 amide bonds. The largest absolute Gasteiger partial charge is 0.496 e. The fourth-order valence-electron chi connectivity index (χ4n) is 8.13. The number of benzene rings is 4. The Morgan fingerprint density at radius 3 is 0.939 bits per heavy atom. The predicted molar refractivity (Wildman–Crippen MR) is 212 cm³/mol. The molecule has 262 valence electrons. The van der Waals surface area contributed by atoms with Gasteiger partial charge in [-0.15, -0.1) is 0 Å². The molecular weight excluding hydrogens is 597 g/mol. The lowest BCUT2D eigenvalue weighted by Crippen LogP contribution is -2.23. The summed E-state index contributed by atoms with van der Waals surface area (Å²) < 4.78 is 12.2. The fourth-order valence-corrected chi connectivity index (χ4v) is 8.13. The van der Waals surface area contributed by atoms with E-state index in [-0.39, 0.29) is 27.1 Å². The summed E-state index contributed by atoms with van der Waals surface area (Å²) in [7, 11) is 3.63. The van der Waals surface area contributed by atoms with E-state index in [2.05, 4.69) is 158 Å². The van der Waals surface area contributed by atoms with E-state index in [9.17, 15) is 0 Å². The Hall–Kier alpha value is -3.52. The van der Waals surface area contributed by atoms with Crippen molar-refractivity contribution in [1.82, 2.24) is 0 Å². The van der Waals surface area contributed by atoms with E-state index in [0.717, 1.165) is 24.3 Å². The van der Waals surface area contributed by atoms with Gasteiger partial charge in [0.05, 0.1) is 14.2 Å². The maximum Gasteiger partial charge on any atom is 0.126 e. The molecule has 0 N–H and O–H groups in total. The van der Waals surface area contributed by atoms with Crippen LogP contribution in [0.15, 0.2) is 60.7 Å². The van der Waals surface area contributed by atoms with Crippen LogP contribution < -0.4 is 9.47 Å². The zero-order valence-corrected chi connectivity index (χ0v) is 33.5. The van der Waals surface area contributed by atoms with Gasteiger partial charge in [-0.2, -0.15) is 0 Å². The Kier molecular flexibility index (Phi) is 9.27. The summed E-state index contributed by atoms with van der Waals surface area (Å²) in [6.07, 6.45) is 2.09. The van der Waals surface area contributed by atoms with Crippen LogP contribution >= 0.6 is 0 Å². The topological polar surface area (TPSA) is 18.5 Å². The van der Waals surface area contributed by atoms with Crippen LogP contribution in [0, 0.1) is 0 Å². The van der Waals surface area contributed by atoms with E-state index in [1.165, 1.54) is 66.8 Å². The highest BCUT2D eigenvalue weighted by atomic mass is 16.5. The number of hydrogen-bond donors (Lipinski definition) is 0. The molecule has 0 heterocycles. The van der Waals surface area contributed by atoms with Crippen molar-refractivity contribution in [2.75, 3.05) is 14.2 Å². The Bertz CT molecular complexity index is 1670. The molecule has 49 heavy (non-hydrogen) atoms. The van der Waals surface area contributed by atoms with E-state index in [0.29, 0.717) is 0 Å². The second-order valence-electron chi connectivity index (χ2n) is 18.5. The van der Waals surface area contributed by atoms with Crippen molar-refractivity contribution in [1.29, 1.82) is 0 Å². The zero-order valence-electron chi connectivity index (χ0n) is 33.5. The van der Waals surface area contributed by atoms with Crippen molar-refractivity contribution in [3.8, 4) is 44.9 Å². The van der Waals surface area contributed by atoms with Crippen LogP contribution in [-0.2, 0) is 27.1 Å². The van der Waals surface area contributed by atoms with Crippen molar-refractivity contribution in [3.05, 3.63) is 94.0 Å². The first-order valence-electron chi connectivity index (χ1n) is 18.4. The van der Waals surface area contributed by atoms with Crippen LogP contribution in [0.1, 0.15) is 143 Å². The minimum Gasteiger partial charge on any atom is -0.496 e. The first kappa shape index (κ1) is 36.8. The van der Waals surface area contributed by atoms with Crippen LogP contribution in [0.5, 0.6) is 11.5 Å². The van der Waals surface area contributed by atoms with E-state index < -0.39 is 0 Å².